The van der Waals surface area contributed by atoms with Crippen molar-refractivity contribution in [2.45, 2.75) is 25.4 Å². The number of carbonyl (C=O) groups excluding carboxylic acids is 1. The van der Waals surface area contributed by atoms with Gasteiger partial charge in [-0.3, -0.25) is 4.98 Å². The first kappa shape index (κ1) is 12.5. The average Bonchev–Trinajstić information content (AvgIpc) is 2.89. The van der Waals surface area contributed by atoms with Crippen LogP contribution >= 0.6 is 0 Å². The second-order valence-electron chi connectivity index (χ2n) is 4.55. The van der Waals surface area contributed by atoms with Gasteiger partial charge in [-0.05, 0) is 12.5 Å². The molecule has 1 atom stereocenters. The summed E-state index contributed by atoms with van der Waals surface area (Å²) in [6, 6.07) is 0.920. The Balaban J connectivity index is 1.59. The lowest BCUT2D eigenvalue weighted by atomic mass is 10.1. The van der Waals surface area contributed by atoms with Gasteiger partial charge in [-0.25, -0.2) is 18.9 Å². The highest BCUT2D eigenvalue weighted by Crippen LogP contribution is 2.13. The molecule has 104 valence electrons. The van der Waals surface area contributed by atoms with Crippen LogP contribution in [-0.2, 0) is 13.0 Å². The van der Waals surface area contributed by atoms with Crippen LogP contribution < -0.4 is 10.6 Å². The number of rotatable bonds is 2. The molecule has 0 aliphatic carbocycles. The normalized spacial score (nSPS) is 17.4. The number of fused-ring (bicyclic) bond motifs is 1. The molecule has 2 aromatic heterocycles. The molecule has 0 radical (unpaired) electrons. The highest BCUT2D eigenvalue weighted by molar-refractivity contribution is 5.89. The summed E-state index contributed by atoms with van der Waals surface area (Å²) >= 11 is 0. The first-order chi connectivity index (χ1) is 9.72. The van der Waals surface area contributed by atoms with Crippen molar-refractivity contribution in [3.63, 3.8) is 0 Å². The van der Waals surface area contributed by atoms with Gasteiger partial charge in [0.25, 0.3) is 0 Å². The summed E-state index contributed by atoms with van der Waals surface area (Å²) in [5.74, 6) is 0.355. The number of aromatic nitrogens is 4. The molecule has 3 heterocycles. The molecule has 0 saturated carbocycles. The highest BCUT2D eigenvalue weighted by Gasteiger charge is 2.21. The second kappa shape index (κ2) is 5.24. The molecule has 1 aliphatic rings. The van der Waals surface area contributed by atoms with Crippen LogP contribution in [0.4, 0.5) is 14.9 Å². The van der Waals surface area contributed by atoms with E-state index in [0.717, 1.165) is 24.9 Å². The Kier molecular flexibility index (Phi) is 3.28. The first-order valence-electron chi connectivity index (χ1n) is 6.26. The van der Waals surface area contributed by atoms with E-state index < -0.39 is 11.8 Å². The first-order valence-corrected chi connectivity index (χ1v) is 6.26. The minimum Gasteiger partial charge on any atom is -0.333 e. The van der Waals surface area contributed by atoms with E-state index in [1.54, 1.807) is 4.68 Å². The lowest BCUT2D eigenvalue weighted by Gasteiger charge is -2.23. The maximum atomic E-state index is 13.4. The average molecular weight is 276 g/mol. The molecular weight excluding hydrogens is 263 g/mol. The minimum absolute atomic E-state index is 0.0471. The van der Waals surface area contributed by atoms with Gasteiger partial charge in [-0.15, -0.1) is 0 Å². The molecule has 0 bridgehead atoms. The van der Waals surface area contributed by atoms with E-state index in [4.69, 9.17) is 0 Å². The van der Waals surface area contributed by atoms with E-state index >= 15 is 0 Å². The Morgan fingerprint density at radius 3 is 3.25 bits per heavy atom. The minimum atomic E-state index is -0.565. The number of anilines is 1. The summed E-state index contributed by atoms with van der Waals surface area (Å²) < 4.78 is 15.1. The zero-order valence-electron chi connectivity index (χ0n) is 10.6. The van der Waals surface area contributed by atoms with Gasteiger partial charge < -0.3 is 10.6 Å². The summed E-state index contributed by atoms with van der Waals surface area (Å²) in [5.41, 5.74) is 0.106. The van der Waals surface area contributed by atoms with Crippen LogP contribution in [0, 0.1) is 5.82 Å². The number of pyridine rings is 1. The van der Waals surface area contributed by atoms with E-state index in [9.17, 15) is 9.18 Å². The Hall–Kier alpha value is -2.51. The molecule has 2 N–H and O–H groups in total. The smallest absolute Gasteiger partial charge is 0.319 e. The van der Waals surface area contributed by atoms with Crippen LogP contribution in [0.15, 0.2) is 24.8 Å². The van der Waals surface area contributed by atoms with Crippen molar-refractivity contribution in [2.24, 2.45) is 0 Å². The Morgan fingerprint density at radius 2 is 2.40 bits per heavy atom. The van der Waals surface area contributed by atoms with Crippen molar-refractivity contribution in [3.8, 4) is 0 Å². The SMILES string of the molecule is O=C(Nc1ccncc1F)N[C@@H]1CCc2ncnn2C1. The van der Waals surface area contributed by atoms with E-state index in [1.807, 2.05) is 0 Å². The summed E-state index contributed by atoms with van der Waals surface area (Å²) in [6.07, 6.45) is 5.52. The molecule has 7 nitrogen and oxygen atoms in total. The van der Waals surface area contributed by atoms with Crippen LogP contribution in [-0.4, -0.2) is 31.8 Å². The van der Waals surface area contributed by atoms with Crippen molar-refractivity contribution in [1.29, 1.82) is 0 Å². The number of amides is 2. The zero-order valence-corrected chi connectivity index (χ0v) is 10.6. The predicted octanol–water partition coefficient (Wildman–Crippen LogP) is 0.949. The van der Waals surface area contributed by atoms with Gasteiger partial charge in [0, 0.05) is 12.6 Å². The molecule has 0 aromatic carbocycles. The summed E-state index contributed by atoms with van der Waals surface area (Å²) in [5, 5.41) is 9.34. The van der Waals surface area contributed by atoms with Crippen molar-refractivity contribution in [1.82, 2.24) is 25.1 Å². The fourth-order valence-corrected chi connectivity index (χ4v) is 2.18. The van der Waals surface area contributed by atoms with Gasteiger partial charge >= 0.3 is 6.03 Å². The Labute approximate surface area is 114 Å². The number of nitrogens with zero attached hydrogens (tertiary/aromatic N) is 4. The van der Waals surface area contributed by atoms with E-state index in [2.05, 4.69) is 25.7 Å². The van der Waals surface area contributed by atoms with E-state index in [-0.39, 0.29) is 11.7 Å². The molecule has 3 rings (SSSR count). The van der Waals surface area contributed by atoms with Gasteiger partial charge in [0.2, 0.25) is 0 Å². The van der Waals surface area contributed by atoms with Crippen molar-refractivity contribution in [2.75, 3.05) is 5.32 Å². The lowest BCUT2D eigenvalue weighted by molar-refractivity contribution is 0.243. The molecule has 0 spiro atoms. The van der Waals surface area contributed by atoms with Crippen molar-refractivity contribution < 1.29 is 9.18 Å². The number of nitrogens with one attached hydrogen (secondary N) is 2. The monoisotopic (exact) mass is 276 g/mol. The standard InChI is InChI=1S/C12H13FN6O/c13-9-5-14-4-3-10(9)18-12(20)17-8-1-2-11-15-7-16-19(11)6-8/h3-5,7-8H,1-2,6H2,(H2,14,17,18,20)/t8-/m1/s1. The number of urea groups is 1. The topological polar surface area (TPSA) is 84.7 Å². The second-order valence-corrected chi connectivity index (χ2v) is 4.55. The molecular formula is C12H13FN6O. The molecule has 2 amide bonds. The molecule has 0 saturated heterocycles. The molecule has 20 heavy (non-hydrogen) atoms. The van der Waals surface area contributed by atoms with Crippen LogP contribution in [0.25, 0.3) is 0 Å². The van der Waals surface area contributed by atoms with Crippen LogP contribution in [0.2, 0.25) is 0 Å². The van der Waals surface area contributed by atoms with Crippen LogP contribution in [0.5, 0.6) is 0 Å². The molecule has 0 unspecified atom stereocenters. The van der Waals surface area contributed by atoms with Crippen molar-refractivity contribution >= 4 is 11.7 Å². The third-order valence-corrected chi connectivity index (χ3v) is 3.16. The predicted molar refractivity (Wildman–Crippen MR) is 68.5 cm³/mol. The van der Waals surface area contributed by atoms with Gasteiger partial charge in [0.05, 0.1) is 24.5 Å². The third kappa shape index (κ3) is 2.58. The summed E-state index contributed by atoms with van der Waals surface area (Å²) in [7, 11) is 0. The van der Waals surface area contributed by atoms with Gasteiger partial charge in [-0.2, -0.15) is 5.10 Å². The highest BCUT2D eigenvalue weighted by atomic mass is 19.1. The van der Waals surface area contributed by atoms with Gasteiger partial charge in [-0.1, -0.05) is 0 Å². The van der Waals surface area contributed by atoms with E-state index in [0.29, 0.717) is 6.54 Å². The number of carbonyl (C=O) groups is 1. The van der Waals surface area contributed by atoms with Gasteiger partial charge in [0.1, 0.15) is 12.2 Å². The Bertz CT molecular complexity index is 628. The molecule has 2 aromatic rings. The summed E-state index contributed by atoms with van der Waals surface area (Å²) in [4.78, 5) is 19.6. The third-order valence-electron chi connectivity index (χ3n) is 3.16. The quantitative estimate of drug-likeness (QED) is 0.855. The number of aryl methyl sites for hydroxylation is 1. The molecule has 0 fully saturated rings. The van der Waals surface area contributed by atoms with Crippen LogP contribution in [0.1, 0.15) is 12.2 Å². The van der Waals surface area contributed by atoms with Crippen LogP contribution in [0.3, 0.4) is 0 Å². The number of hydrogen-bond donors (Lipinski definition) is 2. The maximum Gasteiger partial charge on any atom is 0.319 e. The van der Waals surface area contributed by atoms with E-state index in [1.165, 1.54) is 18.6 Å². The molecule has 8 heteroatoms. The zero-order chi connectivity index (χ0) is 13.9. The van der Waals surface area contributed by atoms with Crippen molar-refractivity contribution in [3.05, 3.63) is 36.4 Å². The summed E-state index contributed by atoms with van der Waals surface area (Å²) in [6.45, 7) is 0.571. The molecule has 1 aliphatic heterocycles. The Morgan fingerprint density at radius 1 is 1.50 bits per heavy atom. The lowest BCUT2D eigenvalue weighted by Crippen LogP contribution is -2.43. The number of hydrogen-bond acceptors (Lipinski definition) is 4. The fourth-order valence-electron chi connectivity index (χ4n) is 2.18. The largest absolute Gasteiger partial charge is 0.333 e. The fraction of sp³-hybridized carbons (Fsp3) is 0.333. The maximum absolute atomic E-state index is 13.4. The van der Waals surface area contributed by atoms with Gasteiger partial charge in [0.15, 0.2) is 5.82 Å². The number of halogens is 1.